The molecule has 0 spiro atoms. The highest BCUT2D eigenvalue weighted by Gasteiger charge is 2.39. The molecule has 1 saturated carbocycles. The standard InChI is InChI=1S/C9H15F2NO2.ClH/c1-12-7(8(13)14)6-2-4-9(10,11)5-3-6;/h6-7,12H,2-5H2,1H3,(H,13,14);1H/t7-;/m0./s1. The van der Waals surface area contributed by atoms with Crippen LogP contribution in [0, 0.1) is 5.92 Å². The average Bonchev–Trinajstić information content (AvgIpc) is 2.08. The maximum Gasteiger partial charge on any atom is 0.320 e. The summed E-state index contributed by atoms with van der Waals surface area (Å²) in [7, 11) is 1.55. The minimum absolute atomic E-state index is 0. The minimum atomic E-state index is -2.59. The predicted octanol–water partition coefficient (Wildman–Crippen LogP) is 1.91. The second-order valence-electron chi connectivity index (χ2n) is 3.80. The van der Waals surface area contributed by atoms with Crippen LogP contribution in [0.25, 0.3) is 0 Å². The van der Waals surface area contributed by atoms with Gasteiger partial charge in [0.1, 0.15) is 6.04 Å². The summed E-state index contributed by atoms with van der Waals surface area (Å²) in [5.41, 5.74) is 0. The molecule has 1 aliphatic carbocycles. The molecule has 0 aliphatic heterocycles. The van der Waals surface area contributed by atoms with E-state index in [0.29, 0.717) is 0 Å². The molecule has 3 nitrogen and oxygen atoms in total. The molecule has 2 N–H and O–H groups in total. The summed E-state index contributed by atoms with van der Waals surface area (Å²) in [6.45, 7) is 0. The van der Waals surface area contributed by atoms with E-state index >= 15 is 0 Å². The van der Waals surface area contributed by atoms with E-state index < -0.39 is 17.9 Å². The lowest BCUT2D eigenvalue weighted by Gasteiger charge is -2.31. The van der Waals surface area contributed by atoms with Gasteiger partial charge in [-0.2, -0.15) is 0 Å². The van der Waals surface area contributed by atoms with Crippen LogP contribution in [0.4, 0.5) is 8.78 Å². The highest BCUT2D eigenvalue weighted by atomic mass is 35.5. The van der Waals surface area contributed by atoms with Crippen LogP contribution in [0.15, 0.2) is 0 Å². The molecule has 0 aromatic carbocycles. The van der Waals surface area contributed by atoms with E-state index in [1.54, 1.807) is 7.05 Å². The zero-order valence-electron chi connectivity index (χ0n) is 8.50. The van der Waals surface area contributed by atoms with Crippen molar-refractivity contribution in [1.29, 1.82) is 0 Å². The summed E-state index contributed by atoms with van der Waals surface area (Å²) >= 11 is 0. The molecule has 0 aromatic heterocycles. The van der Waals surface area contributed by atoms with E-state index in [9.17, 15) is 13.6 Å². The van der Waals surface area contributed by atoms with Gasteiger partial charge < -0.3 is 10.4 Å². The Morgan fingerprint density at radius 1 is 1.47 bits per heavy atom. The molecule has 0 amide bonds. The van der Waals surface area contributed by atoms with Crippen LogP contribution >= 0.6 is 12.4 Å². The lowest BCUT2D eigenvalue weighted by Crippen LogP contribution is -2.43. The van der Waals surface area contributed by atoms with Crippen molar-refractivity contribution in [2.45, 2.75) is 37.6 Å². The Balaban J connectivity index is 0.00000196. The van der Waals surface area contributed by atoms with E-state index in [1.165, 1.54) is 0 Å². The summed E-state index contributed by atoms with van der Waals surface area (Å²) in [4.78, 5) is 10.7. The number of hydrogen-bond acceptors (Lipinski definition) is 2. The number of hydrogen-bond donors (Lipinski definition) is 2. The average molecular weight is 244 g/mol. The number of nitrogens with one attached hydrogen (secondary N) is 1. The Labute approximate surface area is 93.6 Å². The van der Waals surface area contributed by atoms with Crippen molar-refractivity contribution in [3.63, 3.8) is 0 Å². The number of alkyl halides is 2. The molecule has 0 heterocycles. The third-order valence-electron chi connectivity index (χ3n) is 2.81. The fourth-order valence-corrected chi connectivity index (χ4v) is 1.96. The first-order valence-corrected chi connectivity index (χ1v) is 4.74. The monoisotopic (exact) mass is 243 g/mol. The summed E-state index contributed by atoms with van der Waals surface area (Å²) in [5, 5.41) is 11.5. The Morgan fingerprint density at radius 3 is 2.27 bits per heavy atom. The Bertz CT molecular complexity index is 216. The maximum absolute atomic E-state index is 12.8. The summed E-state index contributed by atoms with van der Waals surface area (Å²) in [5.74, 6) is -3.72. The van der Waals surface area contributed by atoms with E-state index in [1.807, 2.05) is 0 Å². The Hall–Kier alpha value is -0.420. The van der Waals surface area contributed by atoms with Crippen molar-refractivity contribution in [3.8, 4) is 0 Å². The highest BCUT2D eigenvalue weighted by Crippen LogP contribution is 2.37. The van der Waals surface area contributed by atoms with Gasteiger partial charge >= 0.3 is 5.97 Å². The Morgan fingerprint density at radius 2 is 1.93 bits per heavy atom. The number of likely N-dealkylation sites (N-methyl/N-ethyl adjacent to an activating group) is 1. The largest absolute Gasteiger partial charge is 0.480 e. The highest BCUT2D eigenvalue weighted by molar-refractivity contribution is 5.85. The fraction of sp³-hybridized carbons (Fsp3) is 0.889. The molecule has 1 rings (SSSR count). The van der Waals surface area contributed by atoms with Crippen LogP contribution in [0.2, 0.25) is 0 Å². The smallest absolute Gasteiger partial charge is 0.320 e. The van der Waals surface area contributed by atoms with Gasteiger partial charge in [0.05, 0.1) is 0 Å². The molecule has 0 aromatic rings. The number of carboxylic acid groups (broad SMARTS) is 1. The van der Waals surface area contributed by atoms with Crippen molar-refractivity contribution >= 4 is 18.4 Å². The van der Waals surface area contributed by atoms with Crippen molar-refractivity contribution in [2.75, 3.05) is 7.05 Å². The predicted molar refractivity (Wildman–Crippen MR) is 54.6 cm³/mol. The van der Waals surface area contributed by atoms with Crippen LogP contribution in [-0.4, -0.2) is 30.1 Å². The third-order valence-corrected chi connectivity index (χ3v) is 2.81. The van der Waals surface area contributed by atoms with Gasteiger partial charge in [-0.15, -0.1) is 12.4 Å². The number of carboxylic acids is 1. The van der Waals surface area contributed by atoms with E-state index in [-0.39, 0.29) is 44.0 Å². The third kappa shape index (κ3) is 3.91. The number of rotatable bonds is 3. The summed E-state index contributed by atoms with van der Waals surface area (Å²) in [6.07, 6.45) is 0.182. The van der Waals surface area contributed by atoms with Gasteiger partial charge in [-0.05, 0) is 25.8 Å². The number of halogens is 3. The van der Waals surface area contributed by atoms with E-state index in [4.69, 9.17) is 5.11 Å². The molecular formula is C9H16ClF2NO2. The molecule has 0 unspecified atom stereocenters. The van der Waals surface area contributed by atoms with Gasteiger partial charge in [0.2, 0.25) is 5.92 Å². The van der Waals surface area contributed by atoms with Crippen molar-refractivity contribution < 1.29 is 18.7 Å². The fourth-order valence-electron chi connectivity index (χ4n) is 1.96. The molecule has 0 bridgehead atoms. The maximum atomic E-state index is 12.8. The zero-order valence-corrected chi connectivity index (χ0v) is 9.32. The molecule has 1 aliphatic rings. The summed E-state index contributed by atoms with van der Waals surface area (Å²) in [6, 6.07) is -0.689. The molecule has 90 valence electrons. The number of aliphatic carboxylic acids is 1. The Kier molecular flexibility index (Phi) is 5.45. The second kappa shape index (κ2) is 5.61. The van der Waals surface area contributed by atoms with E-state index in [0.717, 1.165) is 0 Å². The van der Waals surface area contributed by atoms with Crippen molar-refractivity contribution in [1.82, 2.24) is 5.32 Å². The van der Waals surface area contributed by atoms with Crippen LogP contribution in [0.5, 0.6) is 0 Å². The molecule has 1 fully saturated rings. The summed E-state index contributed by atoms with van der Waals surface area (Å²) < 4.78 is 25.6. The molecule has 0 saturated heterocycles. The van der Waals surface area contributed by atoms with Crippen LogP contribution in [0.1, 0.15) is 25.7 Å². The first-order chi connectivity index (χ1) is 6.46. The van der Waals surface area contributed by atoms with Crippen molar-refractivity contribution in [3.05, 3.63) is 0 Å². The molecule has 1 atom stereocenters. The van der Waals surface area contributed by atoms with Gasteiger partial charge in [-0.1, -0.05) is 0 Å². The quantitative estimate of drug-likeness (QED) is 0.796. The van der Waals surface area contributed by atoms with Gasteiger partial charge in [-0.25, -0.2) is 8.78 Å². The van der Waals surface area contributed by atoms with Crippen LogP contribution in [-0.2, 0) is 4.79 Å². The zero-order chi connectivity index (χ0) is 10.8. The first-order valence-electron chi connectivity index (χ1n) is 4.74. The van der Waals surface area contributed by atoms with Crippen LogP contribution < -0.4 is 5.32 Å². The van der Waals surface area contributed by atoms with E-state index in [2.05, 4.69) is 5.32 Å². The first kappa shape index (κ1) is 14.6. The second-order valence-corrected chi connectivity index (χ2v) is 3.80. The van der Waals surface area contributed by atoms with Gasteiger partial charge in [0, 0.05) is 12.8 Å². The van der Waals surface area contributed by atoms with Crippen LogP contribution in [0.3, 0.4) is 0 Å². The lowest BCUT2D eigenvalue weighted by molar-refractivity contribution is -0.142. The van der Waals surface area contributed by atoms with Gasteiger partial charge in [0.15, 0.2) is 0 Å². The SMILES string of the molecule is CN[C@H](C(=O)O)C1CCC(F)(F)CC1.Cl. The number of carbonyl (C=O) groups is 1. The normalized spacial score (nSPS) is 22.9. The minimum Gasteiger partial charge on any atom is -0.480 e. The van der Waals surface area contributed by atoms with Crippen molar-refractivity contribution in [2.24, 2.45) is 5.92 Å². The van der Waals surface area contributed by atoms with Gasteiger partial charge in [-0.3, -0.25) is 4.79 Å². The lowest BCUT2D eigenvalue weighted by atomic mass is 9.82. The molecule has 6 heteroatoms. The van der Waals surface area contributed by atoms with Gasteiger partial charge in [0.25, 0.3) is 0 Å². The topological polar surface area (TPSA) is 49.3 Å². The molecular weight excluding hydrogens is 228 g/mol. The molecule has 15 heavy (non-hydrogen) atoms. The molecule has 0 radical (unpaired) electrons.